The van der Waals surface area contributed by atoms with Crippen molar-refractivity contribution in [2.75, 3.05) is 10.6 Å². The minimum absolute atomic E-state index is 0.0148. The van der Waals surface area contributed by atoms with Crippen LogP contribution in [-0.2, 0) is 9.59 Å². The summed E-state index contributed by atoms with van der Waals surface area (Å²) in [6, 6.07) is 9.13. The molecule has 0 heterocycles. The van der Waals surface area contributed by atoms with Crippen LogP contribution in [-0.4, -0.2) is 16.7 Å². The smallest absolute Gasteiger partial charge is 0.305 e. The second-order valence-corrected chi connectivity index (χ2v) is 4.99. The van der Waals surface area contributed by atoms with Crippen LogP contribution in [0, 0.1) is 15.9 Å². The second kappa shape index (κ2) is 6.86. The number of halogens is 1. The summed E-state index contributed by atoms with van der Waals surface area (Å²) in [6.07, 6.45) is 0. The third-order valence-electron chi connectivity index (χ3n) is 3.11. The molecular formula is C16H14FN3O4. The first-order valence-electron chi connectivity index (χ1n) is 6.92. The molecule has 0 aromatic heterocycles. The Bertz CT molecular complexity index is 822. The van der Waals surface area contributed by atoms with Crippen LogP contribution in [0.25, 0.3) is 11.1 Å². The molecule has 24 heavy (non-hydrogen) atoms. The molecule has 0 aliphatic carbocycles. The Hall–Kier alpha value is -3.29. The van der Waals surface area contributed by atoms with E-state index in [1.54, 1.807) is 30.3 Å². The van der Waals surface area contributed by atoms with Crippen molar-refractivity contribution in [1.82, 2.24) is 0 Å². The predicted octanol–water partition coefficient (Wildman–Crippen LogP) is 3.32. The van der Waals surface area contributed by atoms with Gasteiger partial charge < -0.3 is 10.6 Å². The molecule has 0 unspecified atom stereocenters. The van der Waals surface area contributed by atoms with Gasteiger partial charge in [0.15, 0.2) is 11.5 Å². The molecule has 0 aliphatic heterocycles. The SMILES string of the molecule is CC(=O)Nc1cc(F)c(NC(C)=O)c([N+](=O)[O-])c1-c1ccccc1. The molecular weight excluding hydrogens is 317 g/mol. The number of nitro groups is 1. The van der Waals surface area contributed by atoms with Crippen molar-refractivity contribution in [1.29, 1.82) is 0 Å². The van der Waals surface area contributed by atoms with Gasteiger partial charge in [-0.25, -0.2) is 4.39 Å². The third kappa shape index (κ3) is 3.54. The van der Waals surface area contributed by atoms with Crippen molar-refractivity contribution < 1.29 is 18.9 Å². The van der Waals surface area contributed by atoms with E-state index in [0.29, 0.717) is 5.56 Å². The Labute approximate surface area is 136 Å². The predicted molar refractivity (Wildman–Crippen MR) is 87.1 cm³/mol. The number of anilines is 2. The van der Waals surface area contributed by atoms with Crippen molar-refractivity contribution >= 4 is 28.9 Å². The van der Waals surface area contributed by atoms with Crippen molar-refractivity contribution in [3.8, 4) is 11.1 Å². The quantitative estimate of drug-likeness (QED) is 0.663. The lowest BCUT2D eigenvalue weighted by molar-refractivity contribution is -0.383. The summed E-state index contributed by atoms with van der Waals surface area (Å²) in [4.78, 5) is 33.4. The number of nitro benzene ring substituents is 1. The number of nitrogens with zero attached hydrogens (tertiary/aromatic N) is 1. The van der Waals surface area contributed by atoms with Gasteiger partial charge in [0.2, 0.25) is 11.8 Å². The Morgan fingerprint density at radius 1 is 1.08 bits per heavy atom. The van der Waals surface area contributed by atoms with Gasteiger partial charge in [0.1, 0.15) is 0 Å². The zero-order valence-corrected chi connectivity index (χ0v) is 12.9. The molecule has 2 aromatic rings. The van der Waals surface area contributed by atoms with E-state index in [9.17, 15) is 24.1 Å². The highest BCUT2D eigenvalue weighted by molar-refractivity contribution is 6.02. The molecule has 124 valence electrons. The van der Waals surface area contributed by atoms with Crippen molar-refractivity contribution in [3.63, 3.8) is 0 Å². The third-order valence-corrected chi connectivity index (χ3v) is 3.11. The second-order valence-electron chi connectivity index (χ2n) is 4.99. The van der Waals surface area contributed by atoms with Crippen LogP contribution in [0.3, 0.4) is 0 Å². The van der Waals surface area contributed by atoms with E-state index in [4.69, 9.17) is 0 Å². The fourth-order valence-electron chi connectivity index (χ4n) is 2.30. The summed E-state index contributed by atoms with van der Waals surface area (Å²) in [7, 11) is 0. The largest absolute Gasteiger partial charge is 0.325 e. The van der Waals surface area contributed by atoms with E-state index in [-0.39, 0.29) is 11.3 Å². The van der Waals surface area contributed by atoms with Crippen LogP contribution in [0.1, 0.15) is 13.8 Å². The Morgan fingerprint density at radius 3 is 2.17 bits per heavy atom. The maximum absolute atomic E-state index is 14.3. The van der Waals surface area contributed by atoms with E-state index < -0.39 is 33.9 Å². The number of hydrogen-bond acceptors (Lipinski definition) is 4. The summed E-state index contributed by atoms with van der Waals surface area (Å²) >= 11 is 0. The summed E-state index contributed by atoms with van der Waals surface area (Å²) in [5.41, 5.74) is -0.798. The maximum atomic E-state index is 14.3. The standard InChI is InChI=1S/C16H14FN3O4/c1-9(21)18-13-8-12(17)15(19-10(2)22)16(20(23)24)14(13)11-6-4-3-5-7-11/h3-8H,1-2H3,(H,18,21)(H,19,22). The first-order chi connectivity index (χ1) is 11.3. The Morgan fingerprint density at radius 2 is 1.67 bits per heavy atom. The summed E-state index contributed by atoms with van der Waals surface area (Å²) < 4.78 is 14.3. The first-order valence-corrected chi connectivity index (χ1v) is 6.92. The van der Waals surface area contributed by atoms with Crippen LogP contribution in [0.2, 0.25) is 0 Å². The summed E-state index contributed by atoms with van der Waals surface area (Å²) in [6.45, 7) is 2.33. The average Bonchev–Trinajstić information content (AvgIpc) is 2.49. The fourth-order valence-corrected chi connectivity index (χ4v) is 2.30. The van der Waals surface area contributed by atoms with Gasteiger partial charge >= 0.3 is 5.69 Å². The highest BCUT2D eigenvalue weighted by Crippen LogP contribution is 2.43. The van der Waals surface area contributed by atoms with Crippen LogP contribution in [0.4, 0.5) is 21.5 Å². The van der Waals surface area contributed by atoms with E-state index in [1.807, 2.05) is 0 Å². The molecule has 0 radical (unpaired) electrons. The molecule has 2 aromatic carbocycles. The van der Waals surface area contributed by atoms with E-state index in [1.165, 1.54) is 6.92 Å². The monoisotopic (exact) mass is 331 g/mol. The van der Waals surface area contributed by atoms with Gasteiger partial charge in [0, 0.05) is 19.9 Å². The minimum atomic E-state index is -1.01. The molecule has 0 bridgehead atoms. The minimum Gasteiger partial charge on any atom is -0.325 e. The average molecular weight is 331 g/mol. The molecule has 0 fully saturated rings. The fraction of sp³-hybridized carbons (Fsp3) is 0.125. The molecule has 8 heteroatoms. The topological polar surface area (TPSA) is 101 Å². The lowest BCUT2D eigenvalue weighted by Gasteiger charge is -2.15. The zero-order valence-electron chi connectivity index (χ0n) is 12.9. The number of benzene rings is 2. The van der Waals surface area contributed by atoms with E-state index >= 15 is 0 Å². The van der Waals surface area contributed by atoms with Crippen molar-refractivity contribution in [2.45, 2.75) is 13.8 Å². The van der Waals surface area contributed by atoms with Crippen LogP contribution in [0.5, 0.6) is 0 Å². The van der Waals surface area contributed by atoms with Crippen molar-refractivity contribution in [3.05, 3.63) is 52.3 Å². The lowest BCUT2D eigenvalue weighted by Crippen LogP contribution is -2.13. The number of nitrogens with one attached hydrogen (secondary N) is 2. The lowest BCUT2D eigenvalue weighted by atomic mass is 9.99. The number of hydrogen-bond donors (Lipinski definition) is 2. The molecule has 7 nitrogen and oxygen atoms in total. The van der Waals surface area contributed by atoms with Crippen LogP contribution in [0.15, 0.2) is 36.4 Å². The van der Waals surface area contributed by atoms with Gasteiger partial charge in [-0.2, -0.15) is 0 Å². The van der Waals surface area contributed by atoms with E-state index in [0.717, 1.165) is 13.0 Å². The number of carbonyl (C=O) groups excluding carboxylic acids is 2. The van der Waals surface area contributed by atoms with Gasteiger partial charge in [-0.15, -0.1) is 0 Å². The zero-order chi connectivity index (χ0) is 17.9. The van der Waals surface area contributed by atoms with Gasteiger partial charge in [0.05, 0.1) is 16.2 Å². The molecule has 2 amide bonds. The van der Waals surface area contributed by atoms with Gasteiger partial charge in [0.25, 0.3) is 0 Å². The molecule has 2 rings (SSSR count). The van der Waals surface area contributed by atoms with E-state index in [2.05, 4.69) is 10.6 Å². The molecule has 0 saturated heterocycles. The molecule has 0 spiro atoms. The highest BCUT2D eigenvalue weighted by Gasteiger charge is 2.29. The first kappa shape index (κ1) is 17.1. The molecule has 0 atom stereocenters. The number of rotatable bonds is 4. The summed E-state index contributed by atoms with van der Waals surface area (Å²) in [5, 5.41) is 16.1. The summed E-state index contributed by atoms with van der Waals surface area (Å²) in [5.74, 6) is -2.17. The molecule has 0 saturated carbocycles. The number of amides is 2. The maximum Gasteiger partial charge on any atom is 0.305 e. The normalized spacial score (nSPS) is 10.1. The van der Waals surface area contributed by atoms with Gasteiger partial charge in [-0.05, 0) is 5.56 Å². The Balaban J connectivity index is 2.86. The van der Waals surface area contributed by atoms with Gasteiger partial charge in [-0.1, -0.05) is 30.3 Å². The molecule has 2 N–H and O–H groups in total. The molecule has 0 aliphatic rings. The number of carbonyl (C=O) groups is 2. The van der Waals surface area contributed by atoms with Crippen LogP contribution >= 0.6 is 0 Å². The van der Waals surface area contributed by atoms with Gasteiger partial charge in [-0.3, -0.25) is 19.7 Å². The van der Waals surface area contributed by atoms with Crippen molar-refractivity contribution in [2.24, 2.45) is 0 Å². The highest BCUT2D eigenvalue weighted by atomic mass is 19.1. The Kier molecular flexibility index (Phi) is 4.88. The van der Waals surface area contributed by atoms with Crippen LogP contribution < -0.4 is 10.6 Å².